The highest BCUT2D eigenvalue weighted by atomic mass is 16.5. The van der Waals surface area contributed by atoms with Crippen molar-refractivity contribution in [1.29, 1.82) is 0 Å². The van der Waals surface area contributed by atoms with Gasteiger partial charge in [0.05, 0.1) is 17.5 Å². The van der Waals surface area contributed by atoms with Crippen molar-refractivity contribution in [1.82, 2.24) is 9.80 Å². The van der Waals surface area contributed by atoms with Gasteiger partial charge in [-0.1, -0.05) is 79.7 Å². The van der Waals surface area contributed by atoms with Crippen LogP contribution in [0.4, 0.5) is 0 Å². The molecular formula is C32H38N2O3. The maximum atomic E-state index is 14.2. The highest BCUT2D eigenvalue weighted by Crippen LogP contribution is 2.27. The molecule has 0 fully saturated rings. The second-order valence-corrected chi connectivity index (χ2v) is 9.65. The molecule has 194 valence electrons. The molecular weight excluding hydrogens is 460 g/mol. The molecule has 0 bridgehead atoms. The molecule has 5 heteroatoms. The Bertz CT molecular complexity index is 1150. The van der Waals surface area contributed by atoms with Crippen molar-refractivity contribution >= 4 is 11.8 Å². The normalized spacial score (nSPS) is 17.7. The molecule has 3 aromatic carbocycles. The number of carbonyl (C=O) groups is 2. The largest absolute Gasteiger partial charge is 0.491 e. The predicted octanol–water partition coefficient (Wildman–Crippen LogP) is 5.96. The smallest absolute Gasteiger partial charge is 0.257 e. The van der Waals surface area contributed by atoms with E-state index in [1.165, 1.54) is 0 Å². The number of amides is 2. The van der Waals surface area contributed by atoms with E-state index in [9.17, 15) is 9.59 Å². The third-order valence-electron chi connectivity index (χ3n) is 7.24. The van der Waals surface area contributed by atoms with Crippen LogP contribution in [0.2, 0.25) is 0 Å². The van der Waals surface area contributed by atoms with Gasteiger partial charge < -0.3 is 14.5 Å². The topological polar surface area (TPSA) is 49.9 Å². The number of hydrogen-bond donors (Lipinski definition) is 0. The Morgan fingerprint density at radius 1 is 0.892 bits per heavy atom. The Morgan fingerprint density at radius 2 is 1.54 bits per heavy atom. The molecule has 1 unspecified atom stereocenters. The summed E-state index contributed by atoms with van der Waals surface area (Å²) in [6.07, 6.45) is 3.09. The van der Waals surface area contributed by atoms with Crippen LogP contribution in [0.5, 0.6) is 5.75 Å². The Kier molecular flexibility index (Phi) is 9.36. The van der Waals surface area contributed by atoms with Crippen molar-refractivity contribution < 1.29 is 14.3 Å². The second kappa shape index (κ2) is 13.1. The Morgan fingerprint density at radius 3 is 2.24 bits per heavy atom. The van der Waals surface area contributed by atoms with E-state index in [1.54, 1.807) is 0 Å². The third kappa shape index (κ3) is 6.59. The van der Waals surface area contributed by atoms with Gasteiger partial charge in [0.15, 0.2) is 0 Å². The van der Waals surface area contributed by atoms with Gasteiger partial charge in [-0.3, -0.25) is 9.59 Å². The number of hydrogen-bond acceptors (Lipinski definition) is 3. The van der Waals surface area contributed by atoms with Crippen LogP contribution < -0.4 is 4.74 Å². The number of para-hydroxylation sites is 1. The van der Waals surface area contributed by atoms with Gasteiger partial charge in [0.1, 0.15) is 12.4 Å². The molecule has 0 saturated carbocycles. The fourth-order valence-electron chi connectivity index (χ4n) is 5.17. The van der Waals surface area contributed by atoms with Gasteiger partial charge in [-0.15, -0.1) is 0 Å². The maximum Gasteiger partial charge on any atom is 0.257 e. The van der Waals surface area contributed by atoms with E-state index in [2.05, 4.69) is 24.0 Å². The highest BCUT2D eigenvalue weighted by molar-refractivity contribution is 5.97. The van der Waals surface area contributed by atoms with Crippen molar-refractivity contribution in [2.75, 3.05) is 26.2 Å². The van der Waals surface area contributed by atoms with Crippen molar-refractivity contribution in [2.24, 2.45) is 0 Å². The van der Waals surface area contributed by atoms with Crippen molar-refractivity contribution in [2.45, 2.75) is 51.5 Å². The Labute approximate surface area is 221 Å². The van der Waals surface area contributed by atoms with Crippen LogP contribution in [0.3, 0.4) is 0 Å². The van der Waals surface area contributed by atoms with Gasteiger partial charge in [0.25, 0.3) is 5.91 Å². The van der Waals surface area contributed by atoms with Crippen molar-refractivity contribution in [3.63, 3.8) is 0 Å². The van der Waals surface area contributed by atoms with Crippen LogP contribution in [-0.2, 0) is 11.2 Å². The number of rotatable bonds is 6. The molecule has 2 amide bonds. The first-order valence-electron chi connectivity index (χ1n) is 13.5. The van der Waals surface area contributed by atoms with E-state index in [0.29, 0.717) is 44.0 Å². The molecule has 1 heterocycles. The number of ether oxygens (including phenoxy) is 1. The molecule has 0 aliphatic carbocycles. The van der Waals surface area contributed by atoms with E-state index in [-0.39, 0.29) is 23.8 Å². The monoisotopic (exact) mass is 498 g/mol. The summed E-state index contributed by atoms with van der Waals surface area (Å²) in [7, 11) is 0. The summed E-state index contributed by atoms with van der Waals surface area (Å²) in [5.41, 5.74) is 2.79. The summed E-state index contributed by atoms with van der Waals surface area (Å²) in [6, 6.07) is 27.7. The molecule has 0 N–H and O–H groups in total. The lowest BCUT2D eigenvalue weighted by atomic mass is 9.93. The summed E-state index contributed by atoms with van der Waals surface area (Å²) in [5.74, 6) is 0.522. The lowest BCUT2D eigenvalue weighted by Crippen LogP contribution is -2.48. The molecule has 1 aliphatic rings. The Balaban J connectivity index is 1.70. The maximum absolute atomic E-state index is 14.2. The molecule has 0 spiro atoms. The number of fused-ring (bicyclic) bond motifs is 1. The average Bonchev–Trinajstić information content (AvgIpc) is 2.94. The number of carbonyl (C=O) groups excluding carboxylic acids is 2. The molecule has 4 rings (SSSR count). The van der Waals surface area contributed by atoms with E-state index in [1.807, 2.05) is 84.6 Å². The standard InChI is InChI=1S/C32H38N2O3/c1-3-28(26-17-9-6-10-18-26)32(36)34-22-14-13-21-33(4-2)31(35)29-19-11-12-20-30(29)37-24-27(34)23-25-15-7-5-8-16-25/h5-12,15-20,27-28H,3-4,13-14,21-24H2,1-2H3/t27-,28?/m1/s1. The molecule has 0 radical (unpaired) electrons. The molecule has 5 nitrogen and oxygen atoms in total. The van der Waals surface area contributed by atoms with Crippen LogP contribution in [0, 0.1) is 0 Å². The first-order chi connectivity index (χ1) is 18.1. The summed E-state index contributed by atoms with van der Waals surface area (Å²) < 4.78 is 6.37. The van der Waals surface area contributed by atoms with E-state index in [0.717, 1.165) is 30.4 Å². The lowest BCUT2D eigenvalue weighted by molar-refractivity contribution is -0.136. The molecule has 0 aromatic heterocycles. The van der Waals surface area contributed by atoms with E-state index < -0.39 is 0 Å². The molecule has 0 saturated heterocycles. The van der Waals surface area contributed by atoms with E-state index in [4.69, 9.17) is 4.74 Å². The van der Waals surface area contributed by atoms with E-state index >= 15 is 0 Å². The molecule has 37 heavy (non-hydrogen) atoms. The van der Waals surface area contributed by atoms with Crippen molar-refractivity contribution in [3.8, 4) is 5.75 Å². The van der Waals surface area contributed by atoms with Crippen LogP contribution in [-0.4, -0.2) is 53.9 Å². The van der Waals surface area contributed by atoms with Gasteiger partial charge in [-0.25, -0.2) is 0 Å². The van der Waals surface area contributed by atoms with Crippen LogP contribution in [0.15, 0.2) is 84.9 Å². The first-order valence-corrected chi connectivity index (χ1v) is 13.5. The van der Waals surface area contributed by atoms with Gasteiger partial charge in [0, 0.05) is 19.6 Å². The van der Waals surface area contributed by atoms with Crippen LogP contribution >= 0.6 is 0 Å². The van der Waals surface area contributed by atoms with Crippen LogP contribution in [0.1, 0.15) is 60.5 Å². The minimum atomic E-state index is -0.201. The SMILES string of the molecule is CCC(C(=O)N1CCCCN(CC)C(=O)c2ccccc2OC[C@H]1Cc1ccccc1)c1ccccc1. The summed E-state index contributed by atoms with van der Waals surface area (Å²) in [4.78, 5) is 31.4. The highest BCUT2D eigenvalue weighted by Gasteiger charge is 2.31. The quantitative estimate of drug-likeness (QED) is 0.422. The minimum Gasteiger partial charge on any atom is -0.491 e. The zero-order valence-electron chi connectivity index (χ0n) is 22.0. The Hall–Kier alpha value is -3.60. The lowest BCUT2D eigenvalue weighted by Gasteiger charge is -2.35. The fourth-order valence-corrected chi connectivity index (χ4v) is 5.17. The number of nitrogens with zero attached hydrogens (tertiary/aromatic N) is 2. The number of benzene rings is 3. The van der Waals surface area contributed by atoms with Crippen LogP contribution in [0.25, 0.3) is 0 Å². The summed E-state index contributed by atoms with van der Waals surface area (Å²) in [6.45, 7) is 6.34. The molecule has 3 aromatic rings. The van der Waals surface area contributed by atoms with Gasteiger partial charge in [-0.05, 0) is 55.9 Å². The molecule has 1 aliphatic heterocycles. The molecule has 2 atom stereocenters. The third-order valence-corrected chi connectivity index (χ3v) is 7.24. The fraction of sp³-hybridized carbons (Fsp3) is 0.375. The average molecular weight is 499 g/mol. The zero-order chi connectivity index (χ0) is 26.0. The second-order valence-electron chi connectivity index (χ2n) is 9.65. The predicted molar refractivity (Wildman–Crippen MR) is 148 cm³/mol. The van der Waals surface area contributed by atoms with Gasteiger partial charge in [-0.2, -0.15) is 0 Å². The minimum absolute atomic E-state index is 0.00124. The van der Waals surface area contributed by atoms with Gasteiger partial charge in [0.2, 0.25) is 5.91 Å². The summed E-state index contributed by atoms with van der Waals surface area (Å²) >= 11 is 0. The first kappa shape index (κ1) is 26.5. The summed E-state index contributed by atoms with van der Waals surface area (Å²) in [5, 5.41) is 0. The van der Waals surface area contributed by atoms with Crippen molar-refractivity contribution in [3.05, 3.63) is 102 Å². The zero-order valence-corrected chi connectivity index (χ0v) is 22.0. The van der Waals surface area contributed by atoms with Gasteiger partial charge >= 0.3 is 0 Å².